The summed E-state index contributed by atoms with van der Waals surface area (Å²) in [7, 11) is 1.51. The number of hydrogen-bond donors (Lipinski definition) is 1. The van der Waals surface area contributed by atoms with Gasteiger partial charge in [0, 0.05) is 13.1 Å². The van der Waals surface area contributed by atoms with Crippen LogP contribution in [-0.2, 0) is 24.5 Å². The van der Waals surface area contributed by atoms with Gasteiger partial charge in [-0.05, 0) is 43.4 Å². The summed E-state index contributed by atoms with van der Waals surface area (Å²) < 4.78 is 18.5. The molecule has 27 heavy (non-hydrogen) atoms. The second-order valence-electron chi connectivity index (χ2n) is 7.46. The summed E-state index contributed by atoms with van der Waals surface area (Å²) >= 11 is 0. The van der Waals surface area contributed by atoms with Crippen molar-refractivity contribution in [3.8, 4) is 0 Å². The van der Waals surface area contributed by atoms with Gasteiger partial charge in [-0.15, -0.1) is 0 Å². The van der Waals surface area contributed by atoms with Crippen LogP contribution in [0.4, 0.5) is 4.39 Å². The highest BCUT2D eigenvalue weighted by Crippen LogP contribution is 2.42. The predicted octanol–water partition coefficient (Wildman–Crippen LogP) is 1.92. The van der Waals surface area contributed by atoms with Gasteiger partial charge in [0.2, 0.25) is 5.91 Å². The average molecular weight is 376 g/mol. The van der Waals surface area contributed by atoms with E-state index in [4.69, 9.17) is 4.74 Å². The normalized spacial score (nSPS) is 18.0. The van der Waals surface area contributed by atoms with Crippen LogP contribution in [-0.4, -0.2) is 48.9 Å². The molecule has 0 heterocycles. The van der Waals surface area contributed by atoms with E-state index in [2.05, 4.69) is 5.32 Å². The number of amides is 2. The quantitative estimate of drug-likeness (QED) is 0.738. The first kappa shape index (κ1) is 19.3. The maximum absolute atomic E-state index is 13.2. The van der Waals surface area contributed by atoms with Gasteiger partial charge >= 0.3 is 5.97 Å². The highest BCUT2D eigenvalue weighted by molar-refractivity contribution is 5.88. The molecule has 2 fully saturated rings. The summed E-state index contributed by atoms with van der Waals surface area (Å²) in [6.07, 6.45) is 4.94. The fourth-order valence-electron chi connectivity index (χ4n) is 3.54. The van der Waals surface area contributed by atoms with Crippen LogP contribution in [0.2, 0.25) is 0 Å². The Morgan fingerprint density at radius 2 is 1.81 bits per heavy atom. The minimum atomic E-state index is -0.824. The number of esters is 1. The lowest BCUT2D eigenvalue weighted by Crippen LogP contribution is -2.42. The van der Waals surface area contributed by atoms with Gasteiger partial charge in [0.15, 0.2) is 6.61 Å². The molecule has 0 spiro atoms. The number of likely N-dealkylation sites (N-methyl/N-ethyl adjacent to an activating group) is 1. The van der Waals surface area contributed by atoms with E-state index in [1.165, 1.54) is 24.1 Å². The number of halogens is 1. The Bertz CT molecular complexity index is 709. The Morgan fingerprint density at radius 1 is 1.19 bits per heavy atom. The van der Waals surface area contributed by atoms with Crippen molar-refractivity contribution >= 4 is 17.8 Å². The summed E-state index contributed by atoms with van der Waals surface area (Å²) in [5.41, 5.74) is -0.105. The highest BCUT2D eigenvalue weighted by Gasteiger charge is 2.44. The molecule has 0 bridgehead atoms. The first-order valence-corrected chi connectivity index (χ1v) is 9.37. The molecule has 0 aliphatic heterocycles. The lowest BCUT2D eigenvalue weighted by molar-refractivity contribution is -0.157. The lowest BCUT2D eigenvalue weighted by atomic mass is 9.79. The molecule has 0 unspecified atom stereocenters. The third-order valence-corrected chi connectivity index (χ3v) is 5.32. The monoisotopic (exact) mass is 376 g/mol. The fourth-order valence-corrected chi connectivity index (χ4v) is 3.54. The molecule has 6 nitrogen and oxygen atoms in total. The van der Waals surface area contributed by atoms with Crippen molar-refractivity contribution in [1.29, 1.82) is 0 Å². The van der Waals surface area contributed by atoms with E-state index < -0.39 is 23.9 Å². The molecule has 0 atom stereocenters. The van der Waals surface area contributed by atoms with Crippen molar-refractivity contribution in [3.63, 3.8) is 0 Å². The maximum Gasteiger partial charge on any atom is 0.317 e. The summed E-state index contributed by atoms with van der Waals surface area (Å²) in [6.45, 7) is -0.467. The van der Waals surface area contributed by atoms with E-state index in [1.807, 2.05) is 0 Å². The van der Waals surface area contributed by atoms with Gasteiger partial charge in [-0.1, -0.05) is 25.0 Å². The number of rotatable bonds is 7. The predicted molar refractivity (Wildman–Crippen MR) is 96.3 cm³/mol. The molecule has 7 heteroatoms. The zero-order valence-corrected chi connectivity index (χ0v) is 15.5. The van der Waals surface area contributed by atoms with Crippen LogP contribution in [0.1, 0.15) is 44.1 Å². The van der Waals surface area contributed by atoms with Crippen molar-refractivity contribution in [2.24, 2.45) is 0 Å². The largest absolute Gasteiger partial charge is 0.455 e. The lowest BCUT2D eigenvalue weighted by Gasteiger charge is -2.27. The molecule has 146 valence electrons. The second kappa shape index (κ2) is 8.06. The molecule has 2 aliphatic carbocycles. The van der Waals surface area contributed by atoms with Crippen LogP contribution in [0, 0.1) is 5.82 Å². The molecule has 1 N–H and O–H groups in total. The van der Waals surface area contributed by atoms with E-state index in [1.54, 1.807) is 12.1 Å². The zero-order valence-electron chi connectivity index (χ0n) is 15.5. The van der Waals surface area contributed by atoms with E-state index >= 15 is 0 Å². The summed E-state index contributed by atoms with van der Waals surface area (Å²) in [5, 5.41) is 2.81. The van der Waals surface area contributed by atoms with E-state index in [0.29, 0.717) is 12.8 Å². The summed E-state index contributed by atoms with van der Waals surface area (Å²) in [5.74, 6) is -1.46. The molecule has 2 saturated carbocycles. The van der Waals surface area contributed by atoms with Crippen LogP contribution in [0.5, 0.6) is 0 Å². The van der Waals surface area contributed by atoms with Crippen molar-refractivity contribution in [2.45, 2.75) is 50.0 Å². The van der Waals surface area contributed by atoms with Crippen LogP contribution < -0.4 is 5.32 Å². The minimum absolute atomic E-state index is 0.0595. The maximum atomic E-state index is 13.2. The molecule has 2 amide bonds. The standard InChI is InChI=1S/C20H25FN2O4/c1-23(12-17(24)22-16-8-9-16)18(25)13-27-19(26)20(10-2-3-11-20)14-4-6-15(21)7-5-14/h4-7,16H,2-3,8-13H2,1H3,(H,22,24). The van der Waals surface area contributed by atoms with Crippen LogP contribution in [0.15, 0.2) is 24.3 Å². The Morgan fingerprint density at radius 3 is 2.41 bits per heavy atom. The number of nitrogens with one attached hydrogen (secondary N) is 1. The first-order chi connectivity index (χ1) is 12.9. The summed E-state index contributed by atoms with van der Waals surface area (Å²) in [6, 6.07) is 6.12. The number of ether oxygens (including phenoxy) is 1. The third-order valence-electron chi connectivity index (χ3n) is 5.32. The molecule has 1 aromatic rings. The van der Waals surface area contributed by atoms with Crippen molar-refractivity contribution in [3.05, 3.63) is 35.6 Å². The molecule has 0 saturated heterocycles. The van der Waals surface area contributed by atoms with Gasteiger partial charge in [0.1, 0.15) is 5.82 Å². The Kier molecular flexibility index (Phi) is 5.77. The van der Waals surface area contributed by atoms with E-state index in [0.717, 1.165) is 31.2 Å². The fraction of sp³-hybridized carbons (Fsp3) is 0.550. The molecule has 0 aromatic heterocycles. The molecule has 2 aliphatic rings. The number of carbonyl (C=O) groups excluding carboxylic acids is 3. The van der Waals surface area contributed by atoms with Crippen LogP contribution in [0.25, 0.3) is 0 Å². The highest BCUT2D eigenvalue weighted by atomic mass is 19.1. The molecule has 3 rings (SSSR count). The molecular formula is C20H25FN2O4. The van der Waals surface area contributed by atoms with Crippen molar-refractivity contribution in [2.75, 3.05) is 20.2 Å². The number of hydrogen-bond acceptors (Lipinski definition) is 4. The Balaban J connectivity index is 1.56. The second-order valence-corrected chi connectivity index (χ2v) is 7.46. The Hall–Kier alpha value is -2.44. The summed E-state index contributed by atoms with van der Waals surface area (Å²) in [4.78, 5) is 38.0. The Labute approximate surface area is 158 Å². The van der Waals surface area contributed by atoms with Gasteiger partial charge in [0.05, 0.1) is 12.0 Å². The molecule has 1 aromatic carbocycles. The third kappa shape index (κ3) is 4.64. The van der Waals surface area contributed by atoms with Gasteiger partial charge in [0.25, 0.3) is 5.91 Å². The van der Waals surface area contributed by atoms with Crippen molar-refractivity contribution < 1.29 is 23.5 Å². The van der Waals surface area contributed by atoms with Crippen LogP contribution >= 0.6 is 0 Å². The number of benzene rings is 1. The minimum Gasteiger partial charge on any atom is -0.455 e. The SMILES string of the molecule is CN(CC(=O)NC1CC1)C(=O)COC(=O)C1(c2ccc(F)cc2)CCCC1. The number of carbonyl (C=O) groups is 3. The van der Waals surface area contributed by atoms with Gasteiger partial charge in [-0.25, -0.2) is 4.39 Å². The van der Waals surface area contributed by atoms with Gasteiger partial charge in [-0.2, -0.15) is 0 Å². The topological polar surface area (TPSA) is 75.7 Å². The average Bonchev–Trinajstić information content (AvgIpc) is 3.31. The van der Waals surface area contributed by atoms with Gasteiger partial charge in [-0.3, -0.25) is 14.4 Å². The zero-order chi connectivity index (χ0) is 19.4. The van der Waals surface area contributed by atoms with Gasteiger partial charge < -0.3 is 15.0 Å². The smallest absolute Gasteiger partial charge is 0.317 e. The van der Waals surface area contributed by atoms with Crippen molar-refractivity contribution in [1.82, 2.24) is 10.2 Å². The number of nitrogens with zero attached hydrogens (tertiary/aromatic N) is 1. The van der Waals surface area contributed by atoms with E-state index in [9.17, 15) is 18.8 Å². The first-order valence-electron chi connectivity index (χ1n) is 9.37. The molecule has 0 radical (unpaired) electrons. The molecular weight excluding hydrogens is 351 g/mol. The van der Waals surface area contributed by atoms with Crippen LogP contribution in [0.3, 0.4) is 0 Å². The van der Waals surface area contributed by atoms with E-state index in [-0.39, 0.29) is 24.3 Å².